The van der Waals surface area contributed by atoms with Gasteiger partial charge in [0, 0.05) is 17.2 Å². The van der Waals surface area contributed by atoms with E-state index in [4.69, 9.17) is 16.3 Å². The Hall–Kier alpha value is -3.85. The first-order valence-corrected chi connectivity index (χ1v) is 13.1. The average molecular weight is 556 g/mol. The van der Waals surface area contributed by atoms with Gasteiger partial charge < -0.3 is 25.8 Å². The summed E-state index contributed by atoms with van der Waals surface area (Å²) in [6.45, 7) is 0. The molecule has 204 valence electrons. The summed E-state index contributed by atoms with van der Waals surface area (Å²) in [5.74, 6) is -4.11. The van der Waals surface area contributed by atoms with E-state index in [1.54, 1.807) is 24.3 Å². The van der Waals surface area contributed by atoms with Crippen molar-refractivity contribution in [1.82, 2.24) is 0 Å². The van der Waals surface area contributed by atoms with Gasteiger partial charge in [0.15, 0.2) is 11.6 Å². The second-order valence-corrected chi connectivity index (χ2v) is 10.4. The lowest BCUT2D eigenvalue weighted by molar-refractivity contribution is -0.124. The Morgan fingerprint density at radius 2 is 1.62 bits per heavy atom. The third-order valence-electron chi connectivity index (χ3n) is 7.60. The van der Waals surface area contributed by atoms with Crippen molar-refractivity contribution in [3.63, 3.8) is 0 Å². The molecule has 4 N–H and O–H groups in total. The molecule has 2 aliphatic rings. The number of carboxylic acid groups (broad SMARTS) is 1. The normalized spacial score (nSPS) is 16.9. The number of methoxy groups -OCH3 is 1. The lowest BCUT2D eigenvalue weighted by atomic mass is 9.71. The number of carboxylic acids is 1. The van der Waals surface area contributed by atoms with Gasteiger partial charge in [0.1, 0.15) is 11.4 Å². The van der Waals surface area contributed by atoms with Crippen molar-refractivity contribution in [2.24, 2.45) is 11.8 Å². The molecule has 0 saturated heterocycles. The van der Waals surface area contributed by atoms with E-state index in [0.717, 1.165) is 44.2 Å². The molecule has 0 spiro atoms. The van der Waals surface area contributed by atoms with E-state index in [2.05, 4.69) is 16.0 Å². The maximum atomic E-state index is 14.3. The molecule has 5 rings (SSSR count). The Morgan fingerprint density at radius 1 is 1.00 bits per heavy atom. The highest BCUT2D eigenvalue weighted by atomic mass is 35.5. The first kappa shape index (κ1) is 26.7. The molecule has 1 amide bonds. The predicted molar refractivity (Wildman–Crippen MR) is 145 cm³/mol. The molecule has 3 aromatic rings. The minimum Gasteiger partial charge on any atom is -0.495 e. The van der Waals surface area contributed by atoms with Crippen LogP contribution in [0.1, 0.15) is 48.0 Å². The molecule has 10 heteroatoms. The number of rotatable bonds is 7. The minimum absolute atomic E-state index is 0.0185. The molecule has 3 aromatic carbocycles. The van der Waals surface area contributed by atoms with Crippen LogP contribution >= 0.6 is 11.6 Å². The highest BCUT2D eigenvalue weighted by Gasteiger charge is 2.52. The Balaban J connectivity index is 1.61. The van der Waals surface area contributed by atoms with Crippen LogP contribution in [-0.2, 0) is 10.5 Å². The van der Waals surface area contributed by atoms with E-state index >= 15 is 0 Å². The van der Waals surface area contributed by atoms with Gasteiger partial charge in [-0.1, -0.05) is 43.0 Å². The van der Waals surface area contributed by atoms with E-state index in [1.165, 1.54) is 25.3 Å². The molecular weight excluding hydrogens is 528 g/mol. The van der Waals surface area contributed by atoms with Crippen LogP contribution < -0.4 is 20.7 Å². The molecule has 0 radical (unpaired) electrons. The molecule has 1 fully saturated rings. The van der Waals surface area contributed by atoms with Crippen molar-refractivity contribution in [3.05, 3.63) is 82.4 Å². The van der Waals surface area contributed by atoms with E-state index in [-0.39, 0.29) is 23.1 Å². The summed E-state index contributed by atoms with van der Waals surface area (Å²) in [5, 5.41) is 19.5. The van der Waals surface area contributed by atoms with Gasteiger partial charge in [0.2, 0.25) is 5.91 Å². The maximum Gasteiger partial charge on any atom is 0.335 e. The van der Waals surface area contributed by atoms with Gasteiger partial charge in [-0.3, -0.25) is 4.79 Å². The number of aromatic carboxylic acids is 1. The zero-order chi connectivity index (χ0) is 27.7. The van der Waals surface area contributed by atoms with Crippen molar-refractivity contribution in [1.29, 1.82) is 0 Å². The number of hydrogen-bond donors (Lipinski definition) is 4. The number of halogens is 3. The van der Waals surface area contributed by atoms with Gasteiger partial charge in [-0.25, -0.2) is 13.6 Å². The Morgan fingerprint density at radius 3 is 2.18 bits per heavy atom. The molecular formula is C29H28ClF2N3O4. The van der Waals surface area contributed by atoms with Gasteiger partial charge in [-0.15, -0.1) is 0 Å². The van der Waals surface area contributed by atoms with Crippen molar-refractivity contribution in [2.75, 3.05) is 23.1 Å². The molecule has 1 aliphatic heterocycles. The topological polar surface area (TPSA) is 99.7 Å². The Kier molecular flexibility index (Phi) is 7.36. The lowest BCUT2D eigenvalue weighted by Crippen LogP contribution is -2.54. The molecule has 1 saturated carbocycles. The summed E-state index contributed by atoms with van der Waals surface area (Å²) in [4.78, 5) is 25.7. The zero-order valence-electron chi connectivity index (χ0n) is 21.2. The first-order valence-electron chi connectivity index (χ1n) is 12.8. The summed E-state index contributed by atoms with van der Waals surface area (Å²) in [6, 6.07) is 13.4. The highest BCUT2D eigenvalue weighted by molar-refractivity contribution is 6.30. The van der Waals surface area contributed by atoms with E-state index in [9.17, 15) is 23.5 Å². The molecule has 1 atom stereocenters. The van der Waals surface area contributed by atoms with Crippen molar-refractivity contribution in [3.8, 4) is 5.75 Å². The van der Waals surface area contributed by atoms with Crippen LogP contribution in [0.2, 0.25) is 5.02 Å². The third-order valence-corrected chi connectivity index (χ3v) is 7.85. The van der Waals surface area contributed by atoms with Crippen LogP contribution in [-0.4, -0.2) is 24.1 Å². The van der Waals surface area contributed by atoms with Crippen molar-refractivity contribution < 1.29 is 28.2 Å². The fourth-order valence-corrected chi connectivity index (χ4v) is 5.90. The molecule has 0 bridgehead atoms. The number of benzene rings is 3. The van der Waals surface area contributed by atoms with Crippen LogP contribution in [0, 0.1) is 23.5 Å². The predicted octanol–water partition coefficient (Wildman–Crippen LogP) is 6.85. The van der Waals surface area contributed by atoms with Crippen LogP contribution in [0.25, 0.3) is 0 Å². The molecule has 1 unspecified atom stereocenters. The summed E-state index contributed by atoms with van der Waals surface area (Å²) in [6.07, 6.45) is 4.51. The average Bonchev–Trinajstić information content (AvgIpc) is 3.28. The summed E-state index contributed by atoms with van der Waals surface area (Å²) in [5.41, 5.74) is 0.412. The van der Waals surface area contributed by atoms with E-state index in [0.29, 0.717) is 27.6 Å². The molecule has 39 heavy (non-hydrogen) atoms. The van der Waals surface area contributed by atoms with Crippen LogP contribution in [0.3, 0.4) is 0 Å². The number of nitrogens with one attached hydrogen (secondary N) is 3. The molecule has 0 aromatic heterocycles. The van der Waals surface area contributed by atoms with Crippen molar-refractivity contribution >= 4 is 40.5 Å². The molecule has 7 nitrogen and oxygen atoms in total. The first-order chi connectivity index (χ1) is 18.7. The number of carbonyl (C=O) groups excluding carboxylic acids is 1. The standard InChI is InChI=1S/C29H28ClF2N3O4/c1-39-25-13-17(28(37)38)7-12-22(25)33-27(36)26(16-5-3-2-4-6-16)29(18-8-10-19(30)11-9-18)34-23-14-20(31)21(32)15-24(23)35-29/h7-16,26,34-35H,2-6H2,1H3,(H,33,36)(H,37,38). The zero-order valence-corrected chi connectivity index (χ0v) is 21.9. The molecule has 1 heterocycles. The number of hydrogen-bond acceptors (Lipinski definition) is 5. The van der Waals surface area contributed by atoms with Gasteiger partial charge in [-0.05, 0) is 54.7 Å². The van der Waals surface area contributed by atoms with Gasteiger partial charge in [0.05, 0.1) is 35.7 Å². The van der Waals surface area contributed by atoms with Crippen LogP contribution in [0.15, 0.2) is 54.6 Å². The molecule has 1 aliphatic carbocycles. The van der Waals surface area contributed by atoms with Gasteiger partial charge in [0.25, 0.3) is 0 Å². The van der Waals surface area contributed by atoms with Crippen molar-refractivity contribution in [2.45, 2.75) is 37.8 Å². The van der Waals surface area contributed by atoms with Crippen LogP contribution in [0.5, 0.6) is 5.75 Å². The smallest absolute Gasteiger partial charge is 0.335 e. The second kappa shape index (κ2) is 10.7. The number of carbonyl (C=O) groups is 2. The largest absolute Gasteiger partial charge is 0.495 e. The van der Waals surface area contributed by atoms with Gasteiger partial charge >= 0.3 is 5.97 Å². The quantitative estimate of drug-likeness (QED) is 0.254. The van der Waals surface area contributed by atoms with E-state index < -0.39 is 29.2 Å². The Bertz CT molecular complexity index is 1380. The number of ether oxygens (including phenoxy) is 1. The van der Waals surface area contributed by atoms with E-state index in [1.807, 2.05) is 0 Å². The summed E-state index contributed by atoms with van der Waals surface area (Å²) < 4.78 is 33.9. The maximum absolute atomic E-state index is 14.3. The fourth-order valence-electron chi connectivity index (χ4n) is 5.77. The van der Waals surface area contributed by atoms with Crippen LogP contribution in [0.4, 0.5) is 25.8 Å². The summed E-state index contributed by atoms with van der Waals surface area (Å²) in [7, 11) is 1.39. The SMILES string of the molecule is COc1cc(C(=O)O)ccc1NC(=O)C(C1CCCCC1)C1(c2ccc(Cl)cc2)Nc2cc(F)c(F)cc2N1. The second-order valence-electron chi connectivity index (χ2n) is 9.96. The fraction of sp³-hybridized carbons (Fsp3) is 0.310. The lowest BCUT2D eigenvalue weighted by Gasteiger charge is -2.43. The Labute approximate surface area is 229 Å². The number of fused-ring (bicyclic) bond motifs is 1. The minimum atomic E-state index is -1.26. The van der Waals surface area contributed by atoms with Gasteiger partial charge in [-0.2, -0.15) is 0 Å². The number of amides is 1. The number of anilines is 3. The monoisotopic (exact) mass is 555 g/mol. The third kappa shape index (κ3) is 5.11. The highest BCUT2D eigenvalue weighted by Crippen LogP contribution is 2.50. The summed E-state index contributed by atoms with van der Waals surface area (Å²) >= 11 is 6.19.